The molecule has 3 amide bonds. The average Bonchev–Trinajstić information content (AvgIpc) is 2.78. The number of hydrogen-bond donors (Lipinski definition) is 2. The molecule has 2 N–H and O–H groups in total. The fourth-order valence-electron chi connectivity index (χ4n) is 2.52. The predicted molar refractivity (Wildman–Crippen MR) is 54.0 cm³/mol. The molecule has 7 heteroatoms. The molecule has 0 saturated carbocycles. The van der Waals surface area contributed by atoms with Crippen molar-refractivity contribution < 1.29 is 23.8 Å². The van der Waals surface area contributed by atoms with Crippen LogP contribution in [0.25, 0.3) is 0 Å². The molecule has 3 aliphatic rings. The first-order valence-electron chi connectivity index (χ1n) is 5.55. The third kappa shape index (κ3) is 1.70. The van der Waals surface area contributed by atoms with Gasteiger partial charge in [0.25, 0.3) is 5.91 Å². The first-order chi connectivity index (χ1) is 7.96. The summed E-state index contributed by atoms with van der Waals surface area (Å²) in [6, 6.07) is -1.19. The Morgan fingerprint density at radius 1 is 1.24 bits per heavy atom. The minimum absolute atomic E-state index is 0.180. The van der Waals surface area contributed by atoms with Crippen LogP contribution in [-0.4, -0.2) is 48.7 Å². The van der Waals surface area contributed by atoms with Gasteiger partial charge in [0, 0.05) is 0 Å². The summed E-state index contributed by atoms with van der Waals surface area (Å²) in [6.07, 6.45) is -0.993. The van der Waals surface area contributed by atoms with Crippen LogP contribution in [0, 0.1) is 0 Å². The lowest BCUT2D eigenvalue weighted by Gasteiger charge is -2.23. The van der Waals surface area contributed by atoms with Gasteiger partial charge in [0.15, 0.2) is 5.79 Å². The minimum Gasteiger partial charge on any atom is -0.370 e. The number of fused-ring (bicyclic) bond motifs is 1. The third-order valence-electron chi connectivity index (χ3n) is 3.13. The zero-order valence-electron chi connectivity index (χ0n) is 9.56. The maximum Gasteiger partial charge on any atom is 0.322 e. The maximum atomic E-state index is 11.6. The first kappa shape index (κ1) is 10.9. The van der Waals surface area contributed by atoms with Gasteiger partial charge in [0.05, 0.1) is 6.61 Å². The van der Waals surface area contributed by atoms with Gasteiger partial charge in [-0.1, -0.05) is 0 Å². The highest BCUT2D eigenvalue weighted by atomic mass is 16.8. The number of hydrogen-bond acceptors (Lipinski definition) is 5. The Labute approximate surface area is 97.8 Å². The molecule has 7 nitrogen and oxygen atoms in total. The number of imide groups is 1. The van der Waals surface area contributed by atoms with E-state index in [1.165, 1.54) is 0 Å². The fraction of sp³-hybridized carbons (Fsp3) is 0.800. The van der Waals surface area contributed by atoms with Crippen molar-refractivity contribution in [2.75, 3.05) is 6.61 Å². The summed E-state index contributed by atoms with van der Waals surface area (Å²) in [6.45, 7) is 4.00. The van der Waals surface area contributed by atoms with E-state index in [0.717, 1.165) is 0 Å². The normalized spacial score (nSPS) is 43.4. The number of ether oxygens (including phenoxy) is 3. The van der Waals surface area contributed by atoms with Gasteiger partial charge >= 0.3 is 6.03 Å². The van der Waals surface area contributed by atoms with E-state index in [1.807, 2.05) is 13.8 Å². The van der Waals surface area contributed by atoms with Gasteiger partial charge in [-0.05, 0) is 13.8 Å². The van der Waals surface area contributed by atoms with E-state index < -0.39 is 24.0 Å². The van der Waals surface area contributed by atoms with Gasteiger partial charge in [0.2, 0.25) is 0 Å². The van der Waals surface area contributed by atoms with E-state index in [-0.39, 0.29) is 18.1 Å². The van der Waals surface area contributed by atoms with Crippen molar-refractivity contribution >= 4 is 11.9 Å². The Morgan fingerprint density at radius 3 is 2.65 bits per heavy atom. The monoisotopic (exact) mass is 242 g/mol. The van der Waals surface area contributed by atoms with Gasteiger partial charge in [-0.15, -0.1) is 0 Å². The molecule has 0 aliphatic carbocycles. The van der Waals surface area contributed by atoms with Crippen molar-refractivity contribution in [3.8, 4) is 0 Å². The number of carbonyl (C=O) groups excluding carboxylic acids is 2. The summed E-state index contributed by atoms with van der Waals surface area (Å²) in [7, 11) is 0. The highest BCUT2D eigenvalue weighted by Crippen LogP contribution is 2.36. The second-order valence-electron chi connectivity index (χ2n) is 4.88. The lowest BCUT2D eigenvalue weighted by Crippen LogP contribution is -2.47. The van der Waals surface area contributed by atoms with E-state index >= 15 is 0 Å². The van der Waals surface area contributed by atoms with Gasteiger partial charge in [-0.25, -0.2) is 4.79 Å². The summed E-state index contributed by atoms with van der Waals surface area (Å²) in [4.78, 5) is 22.6. The highest BCUT2D eigenvalue weighted by Gasteiger charge is 2.55. The van der Waals surface area contributed by atoms with Gasteiger partial charge in [0.1, 0.15) is 24.4 Å². The van der Waals surface area contributed by atoms with E-state index in [1.54, 1.807) is 0 Å². The van der Waals surface area contributed by atoms with Crippen LogP contribution in [0.2, 0.25) is 0 Å². The molecule has 0 aromatic carbocycles. The molecule has 1 unspecified atom stereocenters. The van der Waals surface area contributed by atoms with Gasteiger partial charge in [-0.2, -0.15) is 0 Å². The quantitative estimate of drug-likeness (QED) is 0.583. The number of rotatable bonds is 1. The SMILES string of the molecule is CC1(C)O[C@H]2[C@@H](C3NC(=O)NC3=O)OC[C@H]2O1. The second kappa shape index (κ2) is 3.41. The average molecular weight is 242 g/mol. The molecule has 4 atom stereocenters. The number of amides is 3. The Bertz CT molecular complexity index is 383. The molecule has 94 valence electrons. The molecule has 3 heterocycles. The van der Waals surface area contributed by atoms with Crippen LogP contribution < -0.4 is 10.6 Å². The smallest absolute Gasteiger partial charge is 0.322 e. The Balaban J connectivity index is 1.77. The molecular formula is C10H14N2O5. The standard InChI is InChI=1S/C10H14N2O5/c1-10(2)16-4-3-15-7(6(4)17-10)5-8(13)12-9(14)11-5/h4-7H,3H2,1-2H3,(H2,11,12,13,14)/t4-,5?,6-,7-/m1/s1. The molecule has 17 heavy (non-hydrogen) atoms. The largest absolute Gasteiger partial charge is 0.370 e. The third-order valence-corrected chi connectivity index (χ3v) is 3.13. The zero-order chi connectivity index (χ0) is 12.2. The number of urea groups is 1. The van der Waals surface area contributed by atoms with E-state index in [9.17, 15) is 9.59 Å². The molecule has 3 saturated heterocycles. The van der Waals surface area contributed by atoms with Crippen molar-refractivity contribution in [1.82, 2.24) is 10.6 Å². The van der Waals surface area contributed by atoms with Crippen LogP contribution in [0.5, 0.6) is 0 Å². The molecule has 3 fully saturated rings. The first-order valence-corrected chi connectivity index (χ1v) is 5.55. The molecule has 0 aromatic heterocycles. The minimum atomic E-state index is -0.699. The van der Waals surface area contributed by atoms with Crippen LogP contribution in [0.4, 0.5) is 4.79 Å². The predicted octanol–water partition coefficient (Wildman–Crippen LogP) is -0.887. The number of nitrogens with one attached hydrogen (secondary N) is 2. The molecule has 3 aliphatic heterocycles. The van der Waals surface area contributed by atoms with Crippen LogP contribution in [0.15, 0.2) is 0 Å². The summed E-state index contributed by atoms with van der Waals surface area (Å²) in [5, 5.41) is 4.70. The van der Waals surface area contributed by atoms with Crippen LogP contribution in [0.1, 0.15) is 13.8 Å². The van der Waals surface area contributed by atoms with E-state index in [2.05, 4.69) is 10.6 Å². The summed E-state index contributed by atoms with van der Waals surface area (Å²) >= 11 is 0. The van der Waals surface area contributed by atoms with E-state index in [4.69, 9.17) is 14.2 Å². The maximum absolute atomic E-state index is 11.6. The van der Waals surface area contributed by atoms with Crippen molar-refractivity contribution in [3.63, 3.8) is 0 Å². The van der Waals surface area contributed by atoms with Crippen LogP contribution in [0.3, 0.4) is 0 Å². The Morgan fingerprint density at radius 2 is 2.00 bits per heavy atom. The summed E-state index contributed by atoms with van der Waals surface area (Å²) < 4.78 is 16.8. The van der Waals surface area contributed by atoms with Crippen molar-refractivity contribution in [2.45, 2.75) is 44.0 Å². The topological polar surface area (TPSA) is 85.9 Å². The van der Waals surface area contributed by atoms with Gasteiger partial charge < -0.3 is 19.5 Å². The Hall–Kier alpha value is -1.18. The fourth-order valence-corrected chi connectivity index (χ4v) is 2.52. The van der Waals surface area contributed by atoms with Gasteiger partial charge in [-0.3, -0.25) is 10.1 Å². The zero-order valence-corrected chi connectivity index (χ0v) is 9.56. The van der Waals surface area contributed by atoms with Crippen LogP contribution >= 0.6 is 0 Å². The molecular weight excluding hydrogens is 228 g/mol. The summed E-state index contributed by atoms with van der Waals surface area (Å²) in [5.74, 6) is -1.05. The molecule has 0 radical (unpaired) electrons. The lowest BCUT2D eigenvalue weighted by atomic mass is 10.0. The van der Waals surface area contributed by atoms with Crippen molar-refractivity contribution in [2.24, 2.45) is 0 Å². The second-order valence-corrected chi connectivity index (χ2v) is 4.88. The number of carbonyl (C=O) groups is 2. The van der Waals surface area contributed by atoms with Crippen molar-refractivity contribution in [1.29, 1.82) is 0 Å². The highest BCUT2D eigenvalue weighted by molar-refractivity contribution is 6.04. The van der Waals surface area contributed by atoms with Crippen LogP contribution in [-0.2, 0) is 19.0 Å². The molecule has 0 aromatic rings. The van der Waals surface area contributed by atoms with Crippen molar-refractivity contribution in [3.05, 3.63) is 0 Å². The molecule has 3 rings (SSSR count). The molecule has 0 spiro atoms. The lowest BCUT2D eigenvalue weighted by molar-refractivity contribution is -0.177. The van der Waals surface area contributed by atoms with E-state index in [0.29, 0.717) is 6.61 Å². The Kier molecular flexibility index (Phi) is 2.19. The molecule has 0 bridgehead atoms. The summed E-state index contributed by atoms with van der Waals surface area (Å²) in [5.41, 5.74) is 0.